The van der Waals surface area contributed by atoms with E-state index in [0.717, 1.165) is 16.7 Å². The van der Waals surface area contributed by atoms with Crippen molar-refractivity contribution in [3.8, 4) is 51.7 Å². The fourth-order valence-electron chi connectivity index (χ4n) is 7.31. The first-order valence-corrected chi connectivity index (χ1v) is 16.3. The van der Waals surface area contributed by atoms with Gasteiger partial charge in [-0.05, 0) is 94.0 Å². The topological polar surface area (TPSA) is 160 Å². The zero-order valence-corrected chi connectivity index (χ0v) is 26.9. The molecule has 0 saturated carbocycles. The third kappa shape index (κ3) is 5.84. The number of ether oxygens (including phenoxy) is 2. The van der Waals surface area contributed by atoms with E-state index in [0.29, 0.717) is 39.3 Å². The molecule has 7 N–H and O–H groups in total. The molecule has 0 saturated heterocycles. The van der Waals surface area contributed by atoms with Gasteiger partial charge in [-0.15, -0.1) is 0 Å². The van der Waals surface area contributed by atoms with Gasteiger partial charge in [0.25, 0.3) is 0 Å². The lowest BCUT2D eigenvalue weighted by Crippen LogP contribution is -2.16. The molecular weight excluding hydrogens is 648 g/mol. The van der Waals surface area contributed by atoms with Crippen LogP contribution < -0.4 is 9.47 Å². The van der Waals surface area contributed by atoms with E-state index in [1.54, 1.807) is 103 Å². The monoisotopic (exact) mass is 680 g/mol. The highest BCUT2D eigenvalue weighted by Gasteiger charge is 2.46. The Labute approximate surface area is 292 Å². The van der Waals surface area contributed by atoms with Crippen LogP contribution in [0.1, 0.15) is 68.6 Å². The lowest BCUT2D eigenvalue weighted by Gasteiger charge is -2.26. The molecule has 2 heterocycles. The third-order valence-corrected chi connectivity index (χ3v) is 9.46. The highest BCUT2D eigenvalue weighted by Crippen LogP contribution is 2.59. The Hall–Kier alpha value is -6.74. The van der Waals surface area contributed by atoms with Gasteiger partial charge in [0.2, 0.25) is 0 Å². The Morgan fingerprint density at radius 3 is 1.43 bits per heavy atom. The molecule has 254 valence electrons. The second-order valence-electron chi connectivity index (χ2n) is 12.8. The molecular formula is C42H32O9. The zero-order chi connectivity index (χ0) is 35.4. The van der Waals surface area contributed by atoms with Crippen LogP contribution in [-0.4, -0.2) is 35.7 Å². The summed E-state index contributed by atoms with van der Waals surface area (Å²) in [6.07, 6.45) is 2.32. The predicted octanol–water partition coefficient (Wildman–Crippen LogP) is 8.33. The summed E-state index contributed by atoms with van der Waals surface area (Å²) >= 11 is 0. The summed E-state index contributed by atoms with van der Waals surface area (Å²) in [6, 6.07) is 30.7. The van der Waals surface area contributed by atoms with Crippen LogP contribution >= 0.6 is 0 Å². The van der Waals surface area contributed by atoms with Crippen LogP contribution in [0.2, 0.25) is 0 Å². The van der Waals surface area contributed by atoms with E-state index in [4.69, 9.17) is 9.47 Å². The minimum absolute atomic E-state index is 0.0193. The van der Waals surface area contributed by atoms with Gasteiger partial charge < -0.3 is 45.2 Å². The number of phenolic OH excluding ortho intramolecular Hbond substituents is 7. The van der Waals surface area contributed by atoms with Crippen molar-refractivity contribution in [1.29, 1.82) is 0 Å². The maximum atomic E-state index is 11.3. The largest absolute Gasteiger partial charge is 0.508 e. The molecule has 9 nitrogen and oxygen atoms in total. The van der Waals surface area contributed by atoms with Crippen LogP contribution in [-0.2, 0) is 0 Å². The van der Waals surface area contributed by atoms with Gasteiger partial charge in [0.05, 0.1) is 11.8 Å². The van der Waals surface area contributed by atoms with Crippen molar-refractivity contribution in [3.63, 3.8) is 0 Å². The smallest absolute Gasteiger partial charge is 0.135 e. The van der Waals surface area contributed by atoms with Gasteiger partial charge in [0.1, 0.15) is 64.0 Å². The van der Waals surface area contributed by atoms with Crippen LogP contribution in [0, 0.1) is 0 Å². The lowest BCUT2D eigenvalue weighted by molar-refractivity contribution is 0.219. The number of benzene rings is 6. The highest BCUT2D eigenvalue weighted by molar-refractivity contribution is 5.76. The summed E-state index contributed by atoms with van der Waals surface area (Å²) in [4.78, 5) is 0. The van der Waals surface area contributed by atoms with Gasteiger partial charge in [0, 0.05) is 29.3 Å². The average molecular weight is 681 g/mol. The molecule has 9 heteroatoms. The number of fused-ring (bicyclic) bond motifs is 2. The van der Waals surface area contributed by atoms with Gasteiger partial charge in [-0.1, -0.05) is 48.6 Å². The predicted molar refractivity (Wildman–Crippen MR) is 190 cm³/mol. The van der Waals surface area contributed by atoms with Crippen molar-refractivity contribution in [3.05, 3.63) is 160 Å². The van der Waals surface area contributed by atoms with Gasteiger partial charge in [-0.25, -0.2) is 0 Å². The van der Waals surface area contributed by atoms with Gasteiger partial charge in [0.15, 0.2) is 0 Å². The van der Waals surface area contributed by atoms with Gasteiger partial charge in [-0.2, -0.15) is 0 Å². The Morgan fingerprint density at radius 1 is 0.392 bits per heavy atom. The Kier molecular flexibility index (Phi) is 7.60. The van der Waals surface area contributed by atoms with Gasteiger partial charge >= 0.3 is 0 Å². The number of phenols is 7. The lowest BCUT2D eigenvalue weighted by atomic mass is 9.75. The molecule has 4 atom stereocenters. The first kappa shape index (κ1) is 31.5. The molecule has 0 amide bonds. The second kappa shape index (κ2) is 12.3. The quantitative estimate of drug-likeness (QED) is 0.0858. The first-order valence-electron chi connectivity index (χ1n) is 16.3. The van der Waals surface area contributed by atoms with Crippen LogP contribution in [0.4, 0.5) is 0 Å². The molecule has 51 heavy (non-hydrogen) atoms. The van der Waals surface area contributed by atoms with E-state index in [1.165, 1.54) is 12.1 Å². The molecule has 0 fully saturated rings. The number of hydrogen-bond acceptors (Lipinski definition) is 9. The molecule has 0 aromatic heterocycles. The molecule has 6 aromatic rings. The fraction of sp³-hybridized carbons (Fsp3) is 0.0952. The minimum Gasteiger partial charge on any atom is -0.508 e. The Morgan fingerprint density at radius 2 is 0.863 bits per heavy atom. The molecule has 2 aliphatic heterocycles. The number of rotatable bonds is 6. The molecule has 0 unspecified atom stereocenters. The summed E-state index contributed by atoms with van der Waals surface area (Å²) in [5, 5.41) is 73.4. The molecule has 6 aromatic carbocycles. The molecule has 2 aliphatic rings. The van der Waals surface area contributed by atoms with Gasteiger partial charge in [-0.3, -0.25) is 0 Å². The minimum atomic E-state index is -0.694. The molecule has 0 aliphatic carbocycles. The van der Waals surface area contributed by atoms with Crippen molar-refractivity contribution < 1.29 is 45.2 Å². The fourth-order valence-corrected chi connectivity index (χ4v) is 7.31. The summed E-state index contributed by atoms with van der Waals surface area (Å²) < 4.78 is 13.3. The van der Waals surface area contributed by atoms with Crippen LogP contribution in [0.5, 0.6) is 51.7 Å². The number of aromatic hydroxyl groups is 7. The van der Waals surface area contributed by atoms with Crippen LogP contribution in [0.15, 0.2) is 115 Å². The summed E-state index contributed by atoms with van der Waals surface area (Å²) in [7, 11) is 0. The zero-order valence-electron chi connectivity index (χ0n) is 26.9. The normalized spacial score (nSPS) is 19.0. The summed E-state index contributed by atoms with van der Waals surface area (Å²) in [6.45, 7) is 0. The molecule has 0 radical (unpaired) electrons. The van der Waals surface area contributed by atoms with E-state index in [9.17, 15) is 35.7 Å². The summed E-state index contributed by atoms with van der Waals surface area (Å²) in [5.41, 5.74) is 5.48. The maximum absolute atomic E-state index is 11.3. The second-order valence-corrected chi connectivity index (χ2v) is 12.8. The van der Waals surface area contributed by atoms with E-state index in [-0.39, 0.29) is 40.2 Å². The van der Waals surface area contributed by atoms with E-state index in [1.807, 2.05) is 12.2 Å². The summed E-state index contributed by atoms with van der Waals surface area (Å²) in [5.74, 6) is -0.504. The average Bonchev–Trinajstić information content (AvgIpc) is 3.67. The van der Waals surface area contributed by atoms with Crippen molar-refractivity contribution >= 4 is 12.2 Å². The Bertz CT molecular complexity index is 2270. The van der Waals surface area contributed by atoms with Crippen LogP contribution in [0.25, 0.3) is 12.2 Å². The SMILES string of the molecule is Oc1ccc(/C=C/c2cc(O)cc3c2[C@@H](c2cc(O)cc4c2[C@H](c2cc(O)cc(O)c2)[C@H](c2ccc(O)cc2)O4)[C@@H](c2ccc(O)cc2)O3)cc1. The van der Waals surface area contributed by atoms with Crippen molar-refractivity contribution in [1.82, 2.24) is 0 Å². The molecule has 0 spiro atoms. The Balaban J connectivity index is 1.37. The van der Waals surface area contributed by atoms with E-state index >= 15 is 0 Å². The maximum Gasteiger partial charge on any atom is 0.135 e. The standard InChI is InChI=1S/C42H32O9/c43-27-9-2-22(3-10-27)1-4-25-15-32(48)20-35-37(25)40(42(50-35)24-7-13-29(45)14-8-24)34-19-33(49)21-36-39(34)38(26-16-30(46)18-31(47)17-26)41(51-36)23-5-11-28(44)12-6-23/h1-21,38,40-49H/b4-1+/t38-,40+,41-,42+/m0/s1. The van der Waals surface area contributed by atoms with Crippen molar-refractivity contribution in [2.45, 2.75) is 24.0 Å². The van der Waals surface area contributed by atoms with E-state index < -0.39 is 24.0 Å². The molecule has 8 rings (SSSR count). The number of hydrogen-bond donors (Lipinski definition) is 7. The van der Waals surface area contributed by atoms with Crippen LogP contribution in [0.3, 0.4) is 0 Å². The third-order valence-electron chi connectivity index (χ3n) is 9.46. The molecule has 0 bridgehead atoms. The van der Waals surface area contributed by atoms with Crippen molar-refractivity contribution in [2.24, 2.45) is 0 Å². The first-order chi connectivity index (χ1) is 24.6. The highest BCUT2D eigenvalue weighted by atomic mass is 16.5. The van der Waals surface area contributed by atoms with Crippen molar-refractivity contribution in [2.75, 3.05) is 0 Å². The van der Waals surface area contributed by atoms with E-state index in [2.05, 4.69) is 0 Å².